The lowest BCUT2D eigenvalue weighted by molar-refractivity contribution is 0.863. The summed E-state index contributed by atoms with van der Waals surface area (Å²) in [6.07, 6.45) is 0.276. The summed E-state index contributed by atoms with van der Waals surface area (Å²) in [7, 11) is 0. The van der Waals surface area contributed by atoms with Gasteiger partial charge in [-0.15, -0.1) is 0 Å². The van der Waals surface area contributed by atoms with Crippen LogP contribution in [0.3, 0.4) is 0 Å². The van der Waals surface area contributed by atoms with Crippen LogP contribution in [0, 0.1) is 18.3 Å². The van der Waals surface area contributed by atoms with E-state index in [0.717, 1.165) is 21.4 Å². The van der Waals surface area contributed by atoms with E-state index in [2.05, 4.69) is 27.1 Å². The van der Waals surface area contributed by atoms with Gasteiger partial charge in [0, 0.05) is 10.0 Å². The molecule has 0 saturated carbocycles. The molecular formula is C12H9BrClN3. The van der Waals surface area contributed by atoms with Crippen molar-refractivity contribution in [2.45, 2.75) is 13.3 Å². The zero-order valence-corrected chi connectivity index (χ0v) is 11.5. The van der Waals surface area contributed by atoms with E-state index < -0.39 is 0 Å². The third-order valence-corrected chi connectivity index (χ3v) is 3.31. The number of aryl methyl sites for hydroxylation is 1. The second-order valence-corrected chi connectivity index (χ2v) is 4.86. The number of aromatic nitrogens is 2. The quantitative estimate of drug-likeness (QED) is 0.849. The molecule has 0 atom stereocenters. The maximum absolute atomic E-state index is 8.74. The molecule has 0 aliphatic carbocycles. The molecule has 0 bridgehead atoms. The van der Waals surface area contributed by atoms with Crippen LogP contribution < -0.4 is 0 Å². The van der Waals surface area contributed by atoms with E-state index in [1.54, 1.807) is 4.68 Å². The summed E-state index contributed by atoms with van der Waals surface area (Å²) < 4.78 is 2.61. The van der Waals surface area contributed by atoms with Gasteiger partial charge in [0.15, 0.2) is 0 Å². The first-order valence-electron chi connectivity index (χ1n) is 5.00. The van der Waals surface area contributed by atoms with E-state index >= 15 is 0 Å². The molecule has 0 unspecified atom stereocenters. The van der Waals surface area contributed by atoms with Crippen molar-refractivity contribution in [3.63, 3.8) is 0 Å². The number of benzene rings is 1. The van der Waals surface area contributed by atoms with Crippen molar-refractivity contribution in [2.24, 2.45) is 0 Å². The first kappa shape index (κ1) is 12.2. The molecular weight excluding hydrogens is 302 g/mol. The molecule has 0 aliphatic rings. The third kappa shape index (κ3) is 2.36. The molecule has 0 spiro atoms. The van der Waals surface area contributed by atoms with Crippen LogP contribution in [-0.2, 0) is 6.42 Å². The normalized spacial score (nSPS) is 10.2. The Morgan fingerprint density at radius 2 is 2.29 bits per heavy atom. The molecule has 1 aromatic heterocycles. The average Bonchev–Trinajstić information content (AvgIpc) is 2.57. The van der Waals surface area contributed by atoms with Gasteiger partial charge in [-0.1, -0.05) is 33.6 Å². The highest BCUT2D eigenvalue weighted by Gasteiger charge is 2.14. The predicted molar refractivity (Wildman–Crippen MR) is 70.3 cm³/mol. The van der Waals surface area contributed by atoms with E-state index in [-0.39, 0.29) is 6.42 Å². The van der Waals surface area contributed by atoms with Crippen molar-refractivity contribution in [3.8, 4) is 11.8 Å². The molecule has 1 aromatic carbocycles. The Morgan fingerprint density at radius 1 is 1.53 bits per heavy atom. The second kappa shape index (κ2) is 4.91. The summed E-state index contributed by atoms with van der Waals surface area (Å²) in [5, 5.41) is 13.6. The fourth-order valence-electron chi connectivity index (χ4n) is 1.59. The van der Waals surface area contributed by atoms with Crippen molar-refractivity contribution >= 4 is 27.5 Å². The van der Waals surface area contributed by atoms with Gasteiger partial charge in [0.1, 0.15) is 5.15 Å². The van der Waals surface area contributed by atoms with E-state index in [1.807, 2.05) is 31.2 Å². The summed E-state index contributed by atoms with van der Waals surface area (Å²) in [5.74, 6) is 0. The van der Waals surface area contributed by atoms with E-state index in [1.165, 1.54) is 0 Å². The van der Waals surface area contributed by atoms with Crippen LogP contribution in [0.25, 0.3) is 5.69 Å². The Labute approximate surface area is 113 Å². The molecule has 17 heavy (non-hydrogen) atoms. The summed E-state index contributed by atoms with van der Waals surface area (Å²) in [6.45, 7) is 1.85. The lowest BCUT2D eigenvalue weighted by Gasteiger charge is -2.03. The minimum Gasteiger partial charge on any atom is -0.222 e. The Bertz CT molecular complexity index is 598. The van der Waals surface area contributed by atoms with Crippen molar-refractivity contribution in [1.29, 1.82) is 5.26 Å². The smallest absolute Gasteiger partial charge is 0.137 e. The van der Waals surface area contributed by atoms with Crippen LogP contribution in [0.4, 0.5) is 0 Å². The van der Waals surface area contributed by atoms with Gasteiger partial charge in [-0.2, -0.15) is 10.4 Å². The monoisotopic (exact) mass is 309 g/mol. The molecule has 0 fully saturated rings. The lowest BCUT2D eigenvalue weighted by atomic mass is 10.2. The molecule has 5 heteroatoms. The molecule has 0 aliphatic heterocycles. The van der Waals surface area contributed by atoms with E-state index in [4.69, 9.17) is 16.9 Å². The number of nitrogens with zero attached hydrogens (tertiary/aromatic N) is 3. The van der Waals surface area contributed by atoms with E-state index in [0.29, 0.717) is 5.15 Å². The van der Waals surface area contributed by atoms with Gasteiger partial charge in [0.2, 0.25) is 0 Å². The SMILES string of the molecule is Cc1nn(-c2cccc(Br)c2)c(Cl)c1CC#N. The van der Waals surface area contributed by atoms with Crippen LogP contribution in [0.5, 0.6) is 0 Å². The first-order valence-corrected chi connectivity index (χ1v) is 6.17. The minimum absolute atomic E-state index is 0.276. The van der Waals surface area contributed by atoms with E-state index in [9.17, 15) is 0 Å². The highest BCUT2D eigenvalue weighted by molar-refractivity contribution is 9.10. The maximum Gasteiger partial charge on any atom is 0.137 e. The van der Waals surface area contributed by atoms with Crippen molar-refractivity contribution in [1.82, 2.24) is 9.78 Å². The number of hydrogen-bond acceptors (Lipinski definition) is 2. The summed E-state index contributed by atoms with van der Waals surface area (Å²) >= 11 is 9.63. The third-order valence-electron chi connectivity index (χ3n) is 2.43. The van der Waals surface area contributed by atoms with Gasteiger partial charge in [0.05, 0.1) is 23.9 Å². The molecule has 1 heterocycles. The zero-order valence-electron chi connectivity index (χ0n) is 9.11. The first-order chi connectivity index (χ1) is 8.13. The van der Waals surface area contributed by atoms with Crippen molar-refractivity contribution in [3.05, 3.63) is 45.1 Å². The highest BCUT2D eigenvalue weighted by Crippen LogP contribution is 2.25. The minimum atomic E-state index is 0.276. The molecule has 0 amide bonds. The number of halogens is 2. The fourth-order valence-corrected chi connectivity index (χ4v) is 2.32. The van der Waals surface area contributed by atoms with Crippen LogP contribution in [0.1, 0.15) is 11.3 Å². The van der Waals surface area contributed by atoms with Gasteiger partial charge in [-0.05, 0) is 25.1 Å². The van der Waals surface area contributed by atoms with Gasteiger partial charge < -0.3 is 0 Å². The largest absolute Gasteiger partial charge is 0.222 e. The molecule has 0 N–H and O–H groups in total. The van der Waals surface area contributed by atoms with Gasteiger partial charge >= 0.3 is 0 Å². The number of rotatable bonds is 2. The standard InChI is InChI=1S/C12H9BrClN3/c1-8-11(5-6-15)12(14)17(16-8)10-4-2-3-9(13)7-10/h2-4,7H,5H2,1H3. The number of nitriles is 1. The lowest BCUT2D eigenvalue weighted by Crippen LogP contribution is -1.96. The summed E-state index contributed by atoms with van der Waals surface area (Å²) in [5.41, 5.74) is 2.45. The van der Waals surface area contributed by atoms with Crippen LogP contribution in [0.2, 0.25) is 5.15 Å². The molecule has 2 aromatic rings. The zero-order chi connectivity index (χ0) is 12.4. The Morgan fingerprint density at radius 3 is 2.94 bits per heavy atom. The Hall–Kier alpha value is -1.31. The molecule has 2 rings (SSSR count). The molecule has 0 saturated heterocycles. The second-order valence-electron chi connectivity index (χ2n) is 3.58. The maximum atomic E-state index is 8.74. The highest BCUT2D eigenvalue weighted by atomic mass is 79.9. The molecule has 3 nitrogen and oxygen atoms in total. The number of hydrogen-bond donors (Lipinski definition) is 0. The van der Waals surface area contributed by atoms with Gasteiger partial charge in [-0.3, -0.25) is 0 Å². The topological polar surface area (TPSA) is 41.6 Å². The Kier molecular flexibility index (Phi) is 3.51. The Balaban J connectivity index is 2.54. The summed E-state index contributed by atoms with van der Waals surface area (Å²) in [4.78, 5) is 0. The van der Waals surface area contributed by atoms with Gasteiger partial charge in [-0.25, -0.2) is 4.68 Å². The summed E-state index contributed by atoms with van der Waals surface area (Å²) in [6, 6.07) is 9.78. The fraction of sp³-hybridized carbons (Fsp3) is 0.167. The molecule has 0 radical (unpaired) electrons. The van der Waals surface area contributed by atoms with Crippen molar-refractivity contribution < 1.29 is 0 Å². The van der Waals surface area contributed by atoms with Gasteiger partial charge in [0.25, 0.3) is 0 Å². The predicted octanol–water partition coefficient (Wildman–Crippen LogP) is 3.66. The van der Waals surface area contributed by atoms with Crippen molar-refractivity contribution in [2.75, 3.05) is 0 Å². The van der Waals surface area contributed by atoms with Crippen LogP contribution in [0.15, 0.2) is 28.7 Å². The van der Waals surface area contributed by atoms with Crippen LogP contribution >= 0.6 is 27.5 Å². The average molecular weight is 311 g/mol. The van der Waals surface area contributed by atoms with Crippen LogP contribution in [-0.4, -0.2) is 9.78 Å². The molecule has 86 valence electrons.